The van der Waals surface area contributed by atoms with Crippen molar-refractivity contribution < 1.29 is 17.9 Å². The number of aryl methyl sites for hydroxylation is 1. The van der Waals surface area contributed by atoms with E-state index in [4.69, 9.17) is 10.5 Å². The Hall–Kier alpha value is -2.95. The van der Waals surface area contributed by atoms with Crippen LogP contribution in [0.5, 0.6) is 5.88 Å². The highest BCUT2D eigenvalue weighted by Crippen LogP contribution is 2.46. The lowest BCUT2D eigenvalue weighted by molar-refractivity contribution is -0.138. The number of nitrogens with one attached hydrogen (secondary N) is 1. The molecule has 1 aromatic heterocycles. The van der Waals surface area contributed by atoms with Crippen LogP contribution in [0, 0.1) is 18.3 Å². The largest absolute Gasteiger partial charge is 0.420 e. The molecule has 0 unspecified atom stereocenters. The summed E-state index contributed by atoms with van der Waals surface area (Å²) in [5, 5.41) is 15.9. The molecule has 1 atom stereocenters. The van der Waals surface area contributed by atoms with E-state index < -0.39 is 17.7 Å². The van der Waals surface area contributed by atoms with E-state index in [0.717, 1.165) is 6.07 Å². The summed E-state index contributed by atoms with van der Waals surface area (Å²) in [7, 11) is 0. The molecule has 0 amide bonds. The minimum absolute atomic E-state index is 0.0615. The van der Waals surface area contributed by atoms with Gasteiger partial charge in [-0.1, -0.05) is 18.2 Å². The minimum Gasteiger partial charge on any atom is -0.420 e. The van der Waals surface area contributed by atoms with Gasteiger partial charge in [-0.25, -0.2) is 0 Å². The molecule has 0 saturated carbocycles. The lowest BCUT2D eigenvalue weighted by atomic mass is 9.82. The van der Waals surface area contributed by atoms with E-state index in [9.17, 15) is 18.4 Å². The molecule has 3 rings (SSSR count). The number of halogens is 3. The number of benzene rings is 1. The Labute approximate surface area is 129 Å². The molecule has 2 heterocycles. The molecule has 5 nitrogen and oxygen atoms in total. The van der Waals surface area contributed by atoms with Gasteiger partial charge in [-0.3, -0.25) is 5.10 Å². The topological polar surface area (TPSA) is 87.7 Å². The number of aromatic amines is 1. The second-order valence-corrected chi connectivity index (χ2v) is 5.08. The standard InChI is InChI=1S/C15H11F3N4O/c1-7-11-12(8-4-2-3-5-10(8)15(16,17)18)9(6-19)13(20)23-14(11)22-21-7/h2-5,12H,20H2,1H3,(H,21,22)/t12-/m1/s1. The van der Waals surface area contributed by atoms with Crippen molar-refractivity contribution >= 4 is 0 Å². The number of nitriles is 1. The second-order valence-electron chi connectivity index (χ2n) is 5.08. The quantitative estimate of drug-likeness (QED) is 0.845. The van der Waals surface area contributed by atoms with Crippen LogP contribution in [-0.2, 0) is 6.18 Å². The summed E-state index contributed by atoms with van der Waals surface area (Å²) in [6, 6.07) is 6.96. The molecular formula is C15H11F3N4O. The lowest BCUT2D eigenvalue weighted by Gasteiger charge is -2.26. The van der Waals surface area contributed by atoms with Crippen molar-refractivity contribution in [1.82, 2.24) is 10.2 Å². The van der Waals surface area contributed by atoms with Crippen molar-refractivity contribution in [2.45, 2.75) is 19.0 Å². The number of H-pyrrole nitrogens is 1. The van der Waals surface area contributed by atoms with Crippen LogP contribution < -0.4 is 10.5 Å². The van der Waals surface area contributed by atoms with E-state index in [1.807, 2.05) is 6.07 Å². The molecule has 1 aliphatic heterocycles. The number of nitrogens with two attached hydrogens (primary N) is 1. The number of alkyl halides is 3. The molecule has 118 valence electrons. The summed E-state index contributed by atoms with van der Waals surface area (Å²) in [5.74, 6) is -1.14. The summed E-state index contributed by atoms with van der Waals surface area (Å²) >= 11 is 0. The van der Waals surface area contributed by atoms with Crippen LogP contribution in [0.3, 0.4) is 0 Å². The average Bonchev–Trinajstić information content (AvgIpc) is 2.86. The first-order chi connectivity index (χ1) is 10.8. The summed E-state index contributed by atoms with van der Waals surface area (Å²) < 4.78 is 45.3. The maximum absolute atomic E-state index is 13.3. The molecule has 0 radical (unpaired) electrons. The fourth-order valence-electron chi connectivity index (χ4n) is 2.72. The van der Waals surface area contributed by atoms with E-state index in [2.05, 4.69) is 10.2 Å². The van der Waals surface area contributed by atoms with E-state index in [-0.39, 0.29) is 22.9 Å². The third-order valence-electron chi connectivity index (χ3n) is 3.71. The van der Waals surface area contributed by atoms with Crippen LogP contribution in [0.25, 0.3) is 0 Å². The zero-order chi connectivity index (χ0) is 16.8. The molecule has 1 aromatic carbocycles. The Morgan fingerprint density at radius 3 is 2.70 bits per heavy atom. The van der Waals surface area contributed by atoms with Gasteiger partial charge in [0.1, 0.15) is 11.6 Å². The van der Waals surface area contributed by atoms with Gasteiger partial charge in [0.15, 0.2) is 0 Å². The molecule has 0 fully saturated rings. The van der Waals surface area contributed by atoms with Gasteiger partial charge in [0.25, 0.3) is 0 Å². The van der Waals surface area contributed by atoms with Gasteiger partial charge in [-0.05, 0) is 18.6 Å². The van der Waals surface area contributed by atoms with Crippen molar-refractivity contribution in [1.29, 1.82) is 5.26 Å². The molecule has 8 heteroatoms. The van der Waals surface area contributed by atoms with Crippen LogP contribution >= 0.6 is 0 Å². The fraction of sp³-hybridized carbons (Fsp3) is 0.200. The second kappa shape index (κ2) is 5.05. The van der Waals surface area contributed by atoms with Crippen LogP contribution in [0.4, 0.5) is 13.2 Å². The number of rotatable bonds is 1. The van der Waals surface area contributed by atoms with Gasteiger partial charge in [-0.2, -0.15) is 18.4 Å². The minimum atomic E-state index is -4.55. The molecule has 0 spiro atoms. The molecule has 1 aliphatic rings. The number of ether oxygens (including phenoxy) is 1. The third kappa shape index (κ3) is 2.30. The highest BCUT2D eigenvalue weighted by atomic mass is 19.4. The molecule has 2 aromatic rings. The Bertz CT molecular complexity index is 845. The average molecular weight is 320 g/mol. The Morgan fingerprint density at radius 1 is 1.35 bits per heavy atom. The first-order valence-corrected chi connectivity index (χ1v) is 6.63. The monoisotopic (exact) mass is 320 g/mol. The smallest absolute Gasteiger partial charge is 0.416 e. The van der Waals surface area contributed by atoms with Crippen molar-refractivity contribution in [2.75, 3.05) is 0 Å². The third-order valence-corrected chi connectivity index (χ3v) is 3.71. The van der Waals surface area contributed by atoms with Crippen LogP contribution in [0.1, 0.15) is 28.3 Å². The number of aromatic nitrogens is 2. The first-order valence-electron chi connectivity index (χ1n) is 6.63. The van der Waals surface area contributed by atoms with Crippen LogP contribution in [-0.4, -0.2) is 10.2 Å². The first kappa shape index (κ1) is 15.0. The van der Waals surface area contributed by atoms with Gasteiger partial charge in [0.2, 0.25) is 11.8 Å². The van der Waals surface area contributed by atoms with Crippen molar-refractivity contribution in [3.63, 3.8) is 0 Å². The summed E-state index contributed by atoms with van der Waals surface area (Å²) in [6.45, 7) is 1.65. The lowest BCUT2D eigenvalue weighted by Crippen LogP contribution is -2.23. The van der Waals surface area contributed by atoms with Gasteiger partial charge >= 0.3 is 6.18 Å². The highest BCUT2D eigenvalue weighted by molar-refractivity contribution is 5.56. The van der Waals surface area contributed by atoms with Crippen molar-refractivity contribution in [3.05, 3.63) is 58.1 Å². The van der Waals surface area contributed by atoms with E-state index in [1.165, 1.54) is 18.2 Å². The fourth-order valence-corrected chi connectivity index (χ4v) is 2.72. The van der Waals surface area contributed by atoms with Crippen molar-refractivity contribution in [3.8, 4) is 11.9 Å². The Balaban J connectivity index is 2.31. The van der Waals surface area contributed by atoms with Crippen LogP contribution in [0.2, 0.25) is 0 Å². The predicted octanol–water partition coefficient (Wildman–Crippen LogP) is 2.96. The number of hydrogen-bond acceptors (Lipinski definition) is 4. The number of allylic oxidation sites excluding steroid dienone is 1. The molecule has 3 N–H and O–H groups in total. The summed E-state index contributed by atoms with van der Waals surface area (Å²) in [4.78, 5) is 0. The van der Waals surface area contributed by atoms with Crippen LogP contribution in [0.15, 0.2) is 35.7 Å². The van der Waals surface area contributed by atoms with E-state index in [0.29, 0.717) is 11.3 Å². The summed E-state index contributed by atoms with van der Waals surface area (Å²) in [6.07, 6.45) is -4.55. The van der Waals surface area contributed by atoms with Gasteiger partial charge in [0.05, 0.1) is 11.5 Å². The molecule has 0 aliphatic carbocycles. The highest BCUT2D eigenvalue weighted by Gasteiger charge is 2.40. The number of hydrogen-bond donors (Lipinski definition) is 2. The molecule has 0 saturated heterocycles. The zero-order valence-corrected chi connectivity index (χ0v) is 11.9. The number of fused-ring (bicyclic) bond motifs is 1. The zero-order valence-electron chi connectivity index (χ0n) is 11.9. The predicted molar refractivity (Wildman–Crippen MR) is 74.1 cm³/mol. The molecule has 0 bridgehead atoms. The van der Waals surface area contributed by atoms with E-state index in [1.54, 1.807) is 6.92 Å². The van der Waals surface area contributed by atoms with E-state index >= 15 is 0 Å². The normalized spacial score (nSPS) is 17.4. The maximum Gasteiger partial charge on any atom is 0.416 e. The SMILES string of the molecule is Cc1[nH]nc2c1[C@H](c1ccccc1C(F)(F)F)C(C#N)=C(N)O2. The Morgan fingerprint density at radius 2 is 2.04 bits per heavy atom. The Kier molecular flexibility index (Phi) is 3.29. The summed E-state index contributed by atoms with van der Waals surface area (Å²) in [5.41, 5.74) is 5.65. The van der Waals surface area contributed by atoms with Gasteiger partial charge < -0.3 is 10.5 Å². The maximum atomic E-state index is 13.3. The van der Waals surface area contributed by atoms with Gasteiger partial charge in [0, 0.05) is 11.3 Å². The molecule has 23 heavy (non-hydrogen) atoms. The van der Waals surface area contributed by atoms with Gasteiger partial charge in [-0.15, -0.1) is 5.10 Å². The van der Waals surface area contributed by atoms with Crippen molar-refractivity contribution in [2.24, 2.45) is 5.73 Å². The molecular weight excluding hydrogens is 309 g/mol. The number of nitrogens with zero attached hydrogens (tertiary/aromatic N) is 2.